The SMILES string of the molecule is CC(C)Cc1c(C(=O)O)ccc2c(-c3ncnc(N)c3Cl)cn(C)c12.COC(=O)N(C(C)(C)C)C(C)(C)C. The Balaban J connectivity index is 0.000000332. The second kappa shape index (κ2) is 11.6. The number of halogens is 1. The number of fused-ring (bicyclic) bond motifs is 1. The van der Waals surface area contributed by atoms with Gasteiger partial charge in [0.25, 0.3) is 0 Å². The van der Waals surface area contributed by atoms with Crippen molar-refractivity contribution >= 4 is 40.4 Å². The number of carboxylic acid groups (broad SMARTS) is 1. The van der Waals surface area contributed by atoms with Crippen LogP contribution in [0.3, 0.4) is 0 Å². The van der Waals surface area contributed by atoms with Gasteiger partial charge in [-0.1, -0.05) is 31.5 Å². The van der Waals surface area contributed by atoms with Gasteiger partial charge in [0.05, 0.1) is 23.9 Å². The summed E-state index contributed by atoms with van der Waals surface area (Å²) >= 11 is 6.29. The normalized spacial score (nSPS) is 11.8. The Morgan fingerprint density at radius 3 is 2.16 bits per heavy atom. The van der Waals surface area contributed by atoms with E-state index >= 15 is 0 Å². The van der Waals surface area contributed by atoms with Crippen LogP contribution in [0.15, 0.2) is 24.7 Å². The van der Waals surface area contributed by atoms with E-state index < -0.39 is 5.97 Å². The van der Waals surface area contributed by atoms with Crippen molar-refractivity contribution in [3.05, 3.63) is 40.8 Å². The summed E-state index contributed by atoms with van der Waals surface area (Å²) in [5.41, 5.74) is 8.72. The maximum Gasteiger partial charge on any atom is 0.410 e. The molecular weight excluding hydrogens is 506 g/mol. The van der Waals surface area contributed by atoms with Gasteiger partial charge in [-0.15, -0.1) is 0 Å². The van der Waals surface area contributed by atoms with E-state index in [1.807, 2.05) is 59.4 Å². The first-order valence-electron chi connectivity index (χ1n) is 12.4. The van der Waals surface area contributed by atoms with Crippen LogP contribution in [-0.2, 0) is 18.2 Å². The van der Waals surface area contributed by atoms with E-state index in [1.165, 1.54) is 13.4 Å². The van der Waals surface area contributed by atoms with Crippen LogP contribution < -0.4 is 5.73 Å². The molecule has 0 atom stereocenters. The largest absolute Gasteiger partial charge is 0.478 e. The highest BCUT2D eigenvalue weighted by molar-refractivity contribution is 6.35. The molecule has 0 bridgehead atoms. The lowest BCUT2D eigenvalue weighted by atomic mass is 9.94. The van der Waals surface area contributed by atoms with Gasteiger partial charge in [-0.25, -0.2) is 19.6 Å². The zero-order chi connectivity index (χ0) is 29.2. The fraction of sp³-hybridized carbons (Fsp3) is 0.500. The van der Waals surface area contributed by atoms with Crippen LogP contribution in [0.5, 0.6) is 0 Å². The number of carbonyl (C=O) groups excluding carboxylic acids is 1. The van der Waals surface area contributed by atoms with Gasteiger partial charge in [0.15, 0.2) is 0 Å². The van der Waals surface area contributed by atoms with E-state index in [4.69, 9.17) is 22.1 Å². The second-order valence-electron chi connectivity index (χ2n) is 11.6. The fourth-order valence-electron chi connectivity index (χ4n) is 4.80. The Labute approximate surface area is 230 Å². The van der Waals surface area contributed by atoms with Gasteiger partial charge in [0.1, 0.15) is 17.2 Å². The molecule has 0 fully saturated rings. The summed E-state index contributed by atoms with van der Waals surface area (Å²) in [5.74, 6) is -0.391. The molecule has 0 saturated heterocycles. The van der Waals surface area contributed by atoms with E-state index in [-0.39, 0.29) is 23.0 Å². The molecule has 0 aliphatic rings. The standard InChI is InChI=1S/C18H19ClN4O2.C10H21NO2/c1-9(2)6-12-11(18(24)25)5-4-10-13(7-23(3)16(10)12)15-14(19)17(20)22-8-21-15;1-9(2,3)11(8(12)13-7)10(4,5)6/h4-5,7-9H,6H2,1-3H3,(H,24,25)(H2,20,21,22);1-7H3. The van der Waals surface area contributed by atoms with E-state index in [0.29, 0.717) is 28.6 Å². The number of aromatic nitrogens is 3. The van der Waals surface area contributed by atoms with Crippen LogP contribution in [0.4, 0.5) is 10.6 Å². The molecule has 10 heteroatoms. The lowest BCUT2D eigenvalue weighted by Crippen LogP contribution is -2.55. The number of nitrogens with two attached hydrogens (primary N) is 1. The van der Waals surface area contributed by atoms with Crippen LogP contribution in [0.2, 0.25) is 5.02 Å². The molecule has 0 radical (unpaired) electrons. The molecule has 0 spiro atoms. The number of rotatable bonds is 4. The molecule has 0 unspecified atom stereocenters. The number of amides is 1. The molecule has 38 heavy (non-hydrogen) atoms. The molecule has 0 aliphatic heterocycles. The number of nitrogens with zero attached hydrogens (tertiary/aromatic N) is 4. The van der Waals surface area contributed by atoms with Gasteiger partial charge in [-0.2, -0.15) is 0 Å². The number of nitrogen functional groups attached to an aromatic ring is 1. The third kappa shape index (κ3) is 6.75. The second-order valence-corrected chi connectivity index (χ2v) is 12.0. The van der Waals surface area contributed by atoms with Crippen molar-refractivity contribution in [1.82, 2.24) is 19.4 Å². The third-order valence-electron chi connectivity index (χ3n) is 5.86. The highest BCUT2D eigenvalue weighted by Gasteiger charge is 2.36. The number of aryl methyl sites for hydroxylation is 1. The molecule has 1 amide bonds. The molecule has 208 valence electrons. The van der Waals surface area contributed by atoms with Crippen molar-refractivity contribution in [2.45, 2.75) is 72.9 Å². The zero-order valence-electron chi connectivity index (χ0n) is 24.0. The molecule has 0 saturated carbocycles. The van der Waals surface area contributed by atoms with Gasteiger partial charge >= 0.3 is 12.1 Å². The summed E-state index contributed by atoms with van der Waals surface area (Å²) in [6, 6.07) is 3.44. The smallest absolute Gasteiger partial charge is 0.410 e. The molecular formula is C28H40ClN5O4. The number of carbonyl (C=O) groups is 2. The first-order chi connectivity index (χ1) is 17.4. The number of carboxylic acids is 1. The maximum absolute atomic E-state index is 11.7. The molecule has 3 aromatic rings. The zero-order valence-corrected chi connectivity index (χ0v) is 24.8. The highest BCUT2D eigenvalue weighted by atomic mass is 35.5. The van der Waals surface area contributed by atoms with Crippen LogP contribution in [0.25, 0.3) is 22.2 Å². The van der Waals surface area contributed by atoms with E-state index in [1.54, 1.807) is 17.0 Å². The molecule has 2 aromatic heterocycles. The number of ether oxygens (including phenoxy) is 1. The average molecular weight is 546 g/mol. The summed E-state index contributed by atoms with van der Waals surface area (Å²) in [7, 11) is 3.30. The van der Waals surface area contributed by atoms with Crippen molar-refractivity contribution < 1.29 is 19.4 Å². The lowest BCUT2D eigenvalue weighted by Gasteiger charge is -2.44. The van der Waals surface area contributed by atoms with Gasteiger partial charge in [0, 0.05) is 35.3 Å². The average Bonchev–Trinajstić information content (AvgIpc) is 3.10. The maximum atomic E-state index is 11.7. The first kappa shape index (κ1) is 30.9. The van der Waals surface area contributed by atoms with Crippen molar-refractivity contribution in [1.29, 1.82) is 0 Å². The third-order valence-corrected chi connectivity index (χ3v) is 6.23. The minimum absolute atomic E-state index is 0.216. The van der Waals surface area contributed by atoms with Crippen molar-refractivity contribution in [2.75, 3.05) is 12.8 Å². The number of hydrogen-bond donors (Lipinski definition) is 2. The molecule has 3 N–H and O–H groups in total. The van der Waals surface area contributed by atoms with Gasteiger partial charge in [-0.3, -0.25) is 4.90 Å². The molecule has 1 aromatic carbocycles. The van der Waals surface area contributed by atoms with Gasteiger partial charge in [-0.05, 0) is 65.5 Å². The van der Waals surface area contributed by atoms with E-state index in [2.05, 4.69) is 23.8 Å². The highest BCUT2D eigenvalue weighted by Crippen LogP contribution is 2.37. The summed E-state index contributed by atoms with van der Waals surface area (Å²) < 4.78 is 6.67. The quantitative estimate of drug-likeness (QED) is 0.387. The predicted molar refractivity (Wildman–Crippen MR) is 153 cm³/mol. The molecule has 2 heterocycles. The predicted octanol–water partition coefficient (Wildman–Crippen LogP) is 6.42. The molecule has 9 nitrogen and oxygen atoms in total. The van der Waals surface area contributed by atoms with Crippen LogP contribution in [0.1, 0.15) is 71.3 Å². The Morgan fingerprint density at radius 1 is 1.13 bits per heavy atom. The van der Waals surface area contributed by atoms with Crippen molar-refractivity contribution in [2.24, 2.45) is 13.0 Å². The molecule has 3 rings (SSSR count). The van der Waals surface area contributed by atoms with E-state index in [0.717, 1.165) is 22.0 Å². The first-order valence-corrected chi connectivity index (χ1v) is 12.8. The Kier molecular flexibility index (Phi) is 9.43. The van der Waals surface area contributed by atoms with E-state index in [9.17, 15) is 14.7 Å². The number of aromatic carboxylic acids is 1. The lowest BCUT2D eigenvalue weighted by molar-refractivity contribution is 0.0309. The Hall–Kier alpha value is -3.33. The Morgan fingerprint density at radius 2 is 1.71 bits per heavy atom. The number of hydrogen-bond acceptors (Lipinski definition) is 6. The minimum atomic E-state index is -0.926. The topological polar surface area (TPSA) is 124 Å². The molecule has 0 aliphatic carbocycles. The van der Waals surface area contributed by atoms with Crippen LogP contribution >= 0.6 is 11.6 Å². The summed E-state index contributed by atoms with van der Waals surface area (Å²) in [6.07, 6.45) is 3.65. The number of benzene rings is 1. The number of methoxy groups -OCH3 is 1. The van der Waals surface area contributed by atoms with Crippen molar-refractivity contribution in [3.63, 3.8) is 0 Å². The monoisotopic (exact) mass is 545 g/mol. The summed E-state index contributed by atoms with van der Waals surface area (Å²) in [4.78, 5) is 33.1. The van der Waals surface area contributed by atoms with Gasteiger partial charge in [0.2, 0.25) is 0 Å². The fourth-order valence-corrected chi connectivity index (χ4v) is 5.00. The Bertz CT molecular complexity index is 1310. The number of anilines is 1. The van der Waals surface area contributed by atoms with Gasteiger partial charge < -0.3 is 20.1 Å². The summed E-state index contributed by atoms with van der Waals surface area (Å²) in [5, 5.41) is 10.8. The van der Waals surface area contributed by atoms with Crippen LogP contribution in [0, 0.1) is 5.92 Å². The van der Waals surface area contributed by atoms with Crippen molar-refractivity contribution in [3.8, 4) is 11.3 Å². The minimum Gasteiger partial charge on any atom is -0.478 e. The van der Waals surface area contributed by atoms with Crippen LogP contribution in [-0.4, -0.2) is 54.8 Å². The summed E-state index contributed by atoms with van der Waals surface area (Å²) in [6.45, 7) is 16.1.